The quantitative estimate of drug-likeness (QED) is 0.769. The van der Waals surface area contributed by atoms with Crippen LogP contribution in [0.4, 0.5) is 10.1 Å². The lowest BCUT2D eigenvalue weighted by molar-refractivity contribution is -0.126. The Morgan fingerprint density at radius 3 is 2.33 bits per heavy atom. The van der Waals surface area contributed by atoms with E-state index in [2.05, 4.69) is 10.6 Å². The van der Waals surface area contributed by atoms with Gasteiger partial charge in [0.25, 0.3) is 0 Å². The first-order chi connectivity index (χ1) is 9.73. The normalized spacial score (nSPS) is 11.9. The molecule has 0 aliphatic heterocycles. The summed E-state index contributed by atoms with van der Waals surface area (Å²) < 4.78 is 13.5. The van der Waals surface area contributed by atoms with Gasteiger partial charge < -0.3 is 15.7 Å². The highest BCUT2D eigenvalue weighted by atomic mass is 19.1. The van der Waals surface area contributed by atoms with Crippen LogP contribution in [0.2, 0.25) is 0 Å². The van der Waals surface area contributed by atoms with Crippen molar-refractivity contribution in [3.05, 3.63) is 29.6 Å². The molecule has 0 aliphatic carbocycles. The average Bonchev–Trinajstić information content (AvgIpc) is 2.34. The van der Waals surface area contributed by atoms with Crippen LogP contribution in [0.5, 0.6) is 0 Å². The van der Waals surface area contributed by atoms with Crippen molar-refractivity contribution in [2.24, 2.45) is 5.92 Å². The van der Waals surface area contributed by atoms with E-state index in [-0.39, 0.29) is 17.5 Å². The summed E-state index contributed by atoms with van der Waals surface area (Å²) in [6.45, 7) is 4.72. The molecule has 0 radical (unpaired) electrons. The van der Waals surface area contributed by atoms with E-state index in [0.717, 1.165) is 6.07 Å². The molecule has 2 amide bonds. The van der Waals surface area contributed by atoms with Crippen molar-refractivity contribution in [1.82, 2.24) is 5.32 Å². The minimum Gasteiger partial charge on any atom is -0.478 e. The van der Waals surface area contributed by atoms with Crippen LogP contribution in [-0.4, -0.2) is 28.9 Å². The highest BCUT2D eigenvalue weighted by Gasteiger charge is 2.25. The number of halogens is 1. The van der Waals surface area contributed by atoms with Crippen molar-refractivity contribution < 1.29 is 23.9 Å². The van der Waals surface area contributed by atoms with Crippen LogP contribution in [0.15, 0.2) is 18.2 Å². The number of rotatable bonds is 5. The molecule has 6 nitrogen and oxygen atoms in total. The van der Waals surface area contributed by atoms with Gasteiger partial charge in [0.1, 0.15) is 17.4 Å². The van der Waals surface area contributed by atoms with Crippen LogP contribution in [-0.2, 0) is 9.59 Å². The number of carbonyl (C=O) groups is 3. The monoisotopic (exact) mass is 296 g/mol. The molecule has 1 unspecified atom stereocenters. The third kappa shape index (κ3) is 4.27. The second-order valence-corrected chi connectivity index (χ2v) is 4.88. The van der Waals surface area contributed by atoms with Gasteiger partial charge in [-0.25, -0.2) is 9.18 Å². The molecule has 114 valence electrons. The van der Waals surface area contributed by atoms with Crippen LogP contribution in [0.1, 0.15) is 31.1 Å². The van der Waals surface area contributed by atoms with Crippen molar-refractivity contribution in [1.29, 1.82) is 0 Å². The van der Waals surface area contributed by atoms with Crippen LogP contribution in [0.25, 0.3) is 0 Å². The Morgan fingerprint density at radius 1 is 1.24 bits per heavy atom. The molecule has 0 aromatic heterocycles. The molecule has 3 N–H and O–H groups in total. The topological polar surface area (TPSA) is 95.5 Å². The molecule has 0 aliphatic rings. The maximum atomic E-state index is 13.5. The third-order valence-electron chi connectivity index (χ3n) is 2.79. The van der Waals surface area contributed by atoms with Gasteiger partial charge in [0, 0.05) is 6.92 Å². The number of carboxylic acids is 1. The zero-order valence-corrected chi connectivity index (χ0v) is 11.9. The summed E-state index contributed by atoms with van der Waals surface area (Å²) in [4.78, 5) is 34.3. The molecule has 1 atom stereocenters. The number of benzene rings is 1. The van der Waals surface area contributed by atoms with Gasteiger partial charge in [-0.3, -0.25) is 9.59 Å². The molecule has 1 rings (SSSR count). The zero-order chi connectivity index (χ0) is 16.2. The van der Waals surface area contributed by atoms with Crippen molar-refractivity contribution in [3.63, 3.8) is 0 Å². The van der Waals surface area contributed by atoms with Gasteiger partial charge >= 0.3 is 5.97 Å². The predicted molar refractivity (Wildman–Crippen MR) is 74.4 cm³/mol. The number of amides is 2. The molecule has 1 aromatic carbocycles. The maximum absolute atomic E-state index is 13.5. The van der Waals surface area contributed by atoms with E-state index in [4.69, 9.17) is 5.11 Å². The Bertz CT molecular complexity index is 572. The van der Waals surface area contributed by atoms with Gasteiger partial charge in [0.05, 0.1) is 5.69 Å². The van der Waals surface area contributed by atoms with Gasteiger partial charge in [0.15, 0.2) is 0 Å². The van der Waals surface area contributed by atoms with Crippen LogP contribution < -0.4 is 10.6 Å². The Hall–Kier alpha value is -2.44. The van der Waals surface area contributed by atoms with Crippen molar-refractivity contribution in [3.8, 4) is 0 Å². The predicted octanol–water partition coefficient (Wildman–Crippen LogP) is 1.62. The highest BCUT2D eigenvalue weighted by molar-refractivity contribution is 6.03. The first-order valence-corrected chi connectivity index (χ1v) is 6.33. The van der Waals surface area contributed by atoms with E-state index in [1.165, 1.54) is 19.1 Å². The number of nitrogens with one attached hydrogen (secondary N) is 2. The lowest BCUT2D eigenvalue weighted by Crippen LogP contribution is -2.46. The fourth-order valence-electron chi connectivity index (χ4n) is 1.81. The summed E-state index contributed by atoms with van der Waals surface area (Å²) in [5, 5.41) is 13.8. The molecule has 0 saturated carbocycles. The number of hydrogen-bond donors (Lipinski definition) is 3. The maximum Gasteiger partial charge on any atom is 0.340 e. The van der Waals surface area contributed by atoms with E-state index < -0.39 is 29.3 Å². The third-order valence-corrected chi connectivity index (χ3v) is 2.79. The van der Waals surface area contributed by atoms with Gasteiger partial charge in [-0.2, -0.15) is 0 Å². The number of anilines is 1. The lowest BCUT2D eigenvalue weighted by Gasteiger charge is -2.21. The summed E-state index contributed by atoms with van der Waals surface area (Å²) in [7, 11) is 0. The van der Waals surface area contributed by atoms with Crippen LogP contribution in [0, 0.1) is 11.7 Å². The highest BCUT2D eigenvalue weighted by Crippen LogP contribution is 2.19. The van der Waals surface area contributed by atoms with Crippen molar-refractivity contribution in [2.75, 3.05) is 5.32 Å². The van der Waals surface area contributed by atoms with E-state index in [9.17, 15) is 18.8 Å². The number of carbonyl (C=O) groups excluding carboxylic acids is 2. The first-order valence-electron chi connectivity index (χ1n) is 6.33. The van der Waals surface area contributed by atoms with E-state index in [0.29, 0.717) is 0 Å². The van der Waals surface area contributed by atoms with Gasteiger partial charge in [-0.05, 0) is 18.1 Å². The molecule has 0 heterocycles. The fraction of sp³-hybridized carbons (Fsp3) is 0.357. The van der Waals surface area contributed by atoms with Crippen LogP contribution >= 0.6 is 0 Å². The van der Waals surface area contributed by atoms with Gasteiger partial charge in [-0.1, -0.05) is 19.9 Å². The molecular formula is C14H17FN2O4. The summed E-state index contributed by atoms with van der Waals surface area (Å²) >= 11 is 0. The van der Waals surface area contributed by atoms with E-state index >= 15 is 0 Å². The molecule has 0 fully saturated rings. The van der Waals surface area contributed by atoms with E-state index in [1.807, 2.05) is 0 Å². The van der Waals surface area contributed by atoms with Gasteiger partial charge in [0.2, 0.25) is 11.8 Å². The molecule has 7 heteroatoms. The summed E-state index contributed by atoms with van der Waals surface area (Å²) in [5.41, 5.74) is -0.764. The summed E-state index contributed by atoms with van der Waals surface area (Å²) in [6.07, 6.45) is 0. The van der Waals surface area contributed by atoms with Crippen molar-refractivity contribution >= 4 is 23.5 Å². The molecule has 1 aromatic rings. The Labute approximate surface area is 121 Å². The second-order valence-electron chi connectivity index (χ2n) is 4.88. The first kappa shape index (κ1) is 16.6. The number of hydrogen-bond acceptors (Lipinski definition) is 3. The summed E-state index contributed by atoms with van der Waals surface area (Å²) in [6, 6.07) is 2.73. The van der Waals surface area contributed by atoms with Gasteiger partial charge in [-0.15, -0.1) is 0 Å². The Kier molecular flexibility index (Phi) is 5.40. The SMILES string of the molecule is CC(=O)NC(C(=O)Nc1cccc(F)c1C(=O)O)C(C)C. The smallest absolute Gasteiger partial charge is 0.340 e. The molecule has 0 saturated heterocycles. The minimum atomic E-state index is -1.48. The molecule has 0 bridgehead atoms. The Morgan fingerprint density at radius 2 is 1.86 bits per heavy atom. The molecular weight excluding hydrogens is 279 g/mol. The van der Waals surface area contributed by atoms with E-state index in [1.54, 1.807) is 13.8 Å². The average molecular weight is 296 g/mol. The standard InChI is InChI=1S/C14H17FN2O4/c1-7(2)12(16-8(3)18)13(19)17-10-6-4-5-9(15)11(10)14(20)21/h4-7,12H,1-3H3,(H,16,18)(H,17,19)(H,20,21). The summed E-state index contributed by atoms with van der Waals surface area (Å²) in [5.74, 6) is -3.63. The number of aromatic carboxylic acids is 1. The minimum absolute atomic E-state index is 0.150. The zero-order valence-electron chi connectivity index (χ0n) is 11.9. The second kappa shape index (κ2) is 6.83. The molecule has 0 spiro atoms. The number of carboxylic acid groups (broad SMARTS) is 1. The Balaban J connectivity index is 3.04. The lowest BCUT2D eigenvalue weighted by atomic mass is 10.0. The largest absolute Gasteiger partial charge is 0.478 e. The van der Waals surface area contributed by atoms with Crippen molar-refractivity contribution in [2.45, 2.75) is 26.8 Å². The van der Waals surface area contributed by atoms with Crippen LogP contribution in [0.3, 0.4) is 0 Å². The molecule has 21 heavy (non-hydrogen) atoms. The fourth-order valence-corrected chi connectivity index (χ4v) is 1.81.